The number of carbonyl (C=O) groups is 1. The molecule has 0 fully saturated rings. The summed E-state index contributed by atoms with van der Waals surface area (Å²) in [4.78, 5) is 24.1. The first-order chi connectivity index (χ1) is 11.0. The molecule has 0 saturated heterocycles. The Bertz CT molecular complexity index is 786. The number of rotatable bonds is 6. The molecular formula is C16H20N3O3S+. The van der Waals surface area contributed by atoms with E-state index in [-0.39, 0.29) is 22.9 Å². The quantitative estimate of drug-likeness (QED) is 0.606. The Balaban J connectivity index is 2.11. The lowest BCUT2D eigenvalue weighted by atomic mass is 10.1. The van der Waals surface area contributed by atoms with E-state index < -0.39 is 0 Å². The van der Waals surface area contributed by atoms with Crippen molar-refractivity contribution in [2.75, 3.05) is 12.0 Å². The van der Waals surface area contributed by atoms with Gasteiger partial charge in [-0.2, -0.15) is 16.9 Å². The molecule has 2 rings (SSSR count). The summed E-state index contributed by atoms with van der Waals surface area (Å²) in [6, 6.07) is 5.04. The van der Waals surface area contributed by atoms with E-state index in [4.69, 9.17) is 4.42 Å². The second-order valence-electron chi connectivity index (χ2n) is 5.23. The Morgan fingerprint density at radius 1 is 1.52 bits per heavy atom. The van der Waals surface area contributed by atoms with Gasteiger partial charge in [0.05, 0.1) is 17.2 Å². The van der Waals surface area contributed by atoms with Crippen molar-refractivity contribution in [1.29, 1.82) is 0 Å². The smallest absolute Gasteiger partial charge is 0.298 e. The summed E-state index contributed by atoms with van der Waals surface area (Å²) >= 11 is 1.66. The standard InChI is InChI=1S/C16H19N3O3S/c1-10-3-4-14-12(7-10)15(20)11(9-22-14)8-18-19-16(21)13(17)5-6-23-2/h3-4,7-9,13H,5-6,17H2,1-2H3,(H,19,21)/p+1/b18-8-/t13-/m0/s1. The highest BCUT2D eigenvalue weighted by molar-refractivity contribution is 7.98. The topological polar surface area (TPSA) is 99.3 Å². The lowest BCUT2D eigenvalue weighted by Gasteiger charge is -2.05. The van der Waals surface area contributed by atoms with Gasteiger partial charge in [-0.1, -0.05) is 11.6 Å². The highest BCUT2D eigenvalue weighted by Gasteiger charge is 2.15. The number of hydrogen-bond acceptors (Lipinski definition) is 5. The van der Waals surface area contributed by atoms with Crippen LogP contribution in [0.3, 0.4) is 0 Å². The van der Waals surface area contributed by atoms with Gasteiger partial charge in [0.2, 0.25) is 5.43 Å². The van der Waals surface area contributed by atoms with Crippen LogP contribution < -0.4 is 16.6 Å². The van der Waals surface area contributed by atoms with Gasteiger partial charge in [-0.25, -0.2) is 5.43 Å². The van der Waals surface area contributed by atoms with E-state index in [0.717, 1.165) is 11.3 Å². The summed E-state index contributed by atoms with van der Waals surface area (Å²) in [7, 11) is 0. The molecule has 23 heavy (non-hydrogen) atoms. The molecule has 7 heteroatoms. The number of nitrogens with zero attached hydrogens (tertiary/aromatic N) is 1. The molecule has 6 nitrogen and oxygen atoms in total. The van der Waals surface area contributed by atoms with Crippen molar-refractivity contribution >= 4 is 34.9 Å². The van der Waals surface area contributed by atoms with Crippen molar-refractivity contribution in [2.24, 2.45) is 5.10 Å². The number of quaternary nitrogens is 1. The Morgan fingerprint density at radius 3 is 3.04 bits per heavy atom. The molecule has 0 bridgehead atoms. The first-order valence-corrected chi connectivity index (χ1v) is 8.59. The number of benzene rings is 1. The Kier molecular flexibility index (Phi) is 5.95. The molecule has 0 aliphatic rings. The van der Waals surface area contributed by atoms with Gasteiger partial charge in [0.25, 0.3) is 5.91 Å². The minimum absolute atomic E-state index is 0.179. The molecule has 0 radical (unpaired) electrons. The monoisotopic (exact) mass is 334 g/mol. The molecule has 1 amide bonds. The van der Waals surface area contributed by atoms with Gasteiger partial charge in [0.15, 0.2) is 6.04 Å². The molecule has 0 unspecified atom stereocenters. The molecular weight excluding hydrogens is 314 g/mol. The van der Waals surface area contributed by atoms with Crippen LogP contribution in [0, 0.1) is 6.92 Å². The van der Waals surface area contributed by atoms with Crippen LogP contribution in [0.4, 0.5) is 0 Å². The predicted molar refractivity (Wildman–Crippen MR) is 92.6 cm³/mol. The fourth-order valence-electron chi connectivity index (χ4n) is 2.00. The summed E-state index contributed by atoms with van der Waals surface area (Å²) in [6.45, 7) is 1.91. The van der Waals surface area contributed by atoms with Gasteiger partial charge in [-0.3, -0.25) is 9.59 Å². The SMILES string of the molecule is CSCC[C@H]([NH3+])C(=O)N/N=C\c1coc2ccc(C)cc2c1=O. The molecule has 1 aromatic heterocycles. The van der Waals surface area contributed by atoms with E-state index in [9.17, 15) is 9.59 Å². The lowest BCUT2D eigenvalue weighted by molar-refractivity contribution is -0.403. The summed E-state index contributed by atoms with van der Waals surface area (Å²) in [5.74, 6) is 0.593. The maximum absolute atomic E-state index is 12.4. The minimum Gasteiger partial charge on any atom is -0.463 e. The summed E-state index contributed by atoms with van der Waals surface area (Å²) in [5.41, 5.74) is 7.80. The van der Waals surface area contributed by atoms with Crippen LogP contribution in [0.25, 0.3) is 11.0 Å². The lowest BCUT2D eigenvalue weighted by Crippen LogP contribution is -2.67. The van der Waals surface area contributed by atoms with Gasteiger partial charge in [0.1, 0.15) is 11.8 Å². The predicted octanol–water partition coefficient (Wildman–Crippen LogP) is 0.915. The van der Waals surface area contributed by atoms with Gasteiger partial charge < -0.3 is 10.2 Å². The third-order valence-corrected chi connectivity index (χ3v) is 4.02. The Hall–Kier alpha value is -2.12. The van der Waals surface area contributed by atoms with Gasteiger partial charge in [-0.05, 0) is 31.1 Å². The number of thioether (sulfide) groups is 1. The number of hydrogen-bond donors (Lipinski definition) is 2. The average Bonchev–Trinajstić information content (AvgIpc) is 2.55. The van der Waals surface area contributed by atoms with E-state index in [0.29, 0.717) is 17.4 Å². The van der Waals surface area contributed by atoms with E-state index in [2.05, 4.69) is 16.3 Å². The van der Waals surface area contributed by atoms with Crippen LogP contribution in [0.2, 0.25) is 0 Å². The molecule has 1 heterocycles. The molecule has 2 aromatic rings. The van der Waals surface area contributed by atoms with Gasteiger partial charge >= 0.3 is 0 Å². The average molecular weight is 334 g/mol. The number of nitrogens with one attached hydrogen (secondary N) is 1. The van der Waals surface area contributed by atoms with E-state index >= 15 is 0 Å². The number of hydrazone groups is 1. The molecule has 0 aliphatic carbocycles. The van der Waals surface area contributed by atoms with Crippen molar-refractivity contribution in [3.63, 3.8) is 0 Å². The Morgan fingerprint density at radius 2 is 2.30 bits per heavy atom. The summed E-state index contributed by atoms with van der Waals surface area (Å²) in [5, 5.41) is 4.33. The van der Waals surface area contributed by atoms with Gasteiger partial charge in [0, 0.05) is 6.42 Å². The molecule has 1 atom stereocenters. The highest BCUT2D eigenvalue weighted by atomic mass is 32.2. The van der Waals surface area contributed by atoms with Gasteiger partial charge in [-0.15, -0.1) is 0 Å². The zero-order valence-electron chi connectivity index (χ0n) is 13.2. The number of carbonyl (C=O) groups excluding carboxylic acids is 1. The largest absolute Gasteiger partial charge is 0.463 e. The zero-order chi connectivity index (χ0) is 16.8. The number of amides is 1. The minimum atomic E-state index is -0.365. The van der Waals surface area contributed by atoms with Crippen molar-refractivity contribution in [3.8, 4) is 0 Å². The fraction of sp³-hybridized carbons (Fsp3) is 0.312. The summed E-state index contributed by atoms with van der Waals surface area (Å²) < 4.78 is 5.42. The van der Waals surface area contributed by atoms with Crippen LogP contribution in [0.5, 0.6) is 0 Å². The normalized spacial score (nSPS) is 12.7. The third kappa shape index (κ3) is 4.43. The number of fused-ring (bicyclic) bond motifs is 1. The Labute approximate surface area is 138 Å². The first kappa shape index (κ1) is 17.2. The number of aryl methyl sites for hydroxylation is 1. The zero-order valence-corrected chi connectivity index (χ0v) is 14.0. The molecule has 1 aromatic carbocycles. The first-order valence-electron chi connectivity index (χ1n) is 7.20. The van der Waals surface area contributed by atoms with Crippen molar-refractivity contribution in [2.45, 2.75) is 19.4 Å². The molecule has 0 saturated carbocycles. The molecule has 4 N–H and O–H groups in total. The maximum Gasteiger partial charge on any atom is 0.298 e. The van der Waals surface area contributed by atoms with E-state index in [1.165, 1.54) is 12.5 Å². The highest BCUT2D eigenvalue weighted by Crippen LogP contribution is 2.12. The second-order valence-corrected chi connectivity index (χ2v) is 6.22. The van der Waals surface area contributed by atoms with Crippen molar-refractivity contribution in [3.05, 3.63) is 45.8 Å². The van der Waals surface area contributed by atoms with Crippen molar-refractivity contribution in [1.82, 2.24) is 5.43 Å². The molecule has 122 valence electrons. The van der Waals surface area contributed by atoms with E-state index in [1.807, 2.05) is 19.2 Å². The van der Waals surface area contributed by atoms with Crippen LogP contribution in [0.15, 0.2) is 38.8 Å². The summed E-state index contributed by atoms with van der Waals surface area (Å²) in [6.07, 6.45) is 5.29. The van der Waals surface area contributed by atoms with Crippen molar-refractivity contribution < 1.29 is 14.9 Å². The fourth-order valence-corrected chi connectivity index (χ4v) is 2.52. The molecule has 0 spiro atoms. The third-order valence-electron chi connectivity index (χ3n) is 3.37. The van der Waals surface area contributed by atoms with Crippen LogP contribution >= 0.6 is 11.8 Å². The second kappa shape index (κ2) is 7.94. The molecule has 0 aliphatic heterocycles. The van der Waals surface area contributed by atoms with Crippen LogP contribution in [-0.2, 0) is 4.79 Å². The van der Waals surface area contributed by atoms with Crippen LogP contribution in [-0.4, -0.2) is 30.2 Å². The maximum atomic E-state index is 12.4. The van der Waals surface area contributed by atoms with E-state index in [1.54, 1.807) is 23.9 Å². The van der Waals surface area contributed by atoms with Crippen LogP contribution in [0.1, 0.15) is 17.5 Å².